The van der Waals surface area contributed by atoms with Crippen LogP contribution in [0.3, 0.4) is 0 Å². The second kappa shape index (κ2) is 10.2. The minimum Gasteiger partial charge on any atom is -0.468 e. The Balaban J connectivity index is 1.69. The Morgan fingerprint density at radius 3 is 2.46 bits per heavy atom. The normalized spacial score (nSPS) is 23.3. The van der Waals surface area contributed by atoms with E-state index >= 15 is 0 Å². The van der Waals surface area contributed by atoms with Gasteiger partial charge in [0, 0.05) is 33.9 Å². The lowest BCUT2D eigenvalue weighted by molar-refractivity contribution is -0.144. The smallest absolute Gasteiger partial charge is 0.324 e. The molecule has 1 saturated heterocycles. The molecule has 14 heteroatoms. The van der Waals surface area contributed by atoms with Crippen molar-refractivity contribution in [2.75, 3.05) is 18.6 Å². The Morgan fingerprint density at radius 1 is 1.21 bits per heavy atom. The Bertz CT molecular complexity index is 1560. The molecule has 1 aromatic heterocycles. The summed E-state index contributed by atoms with van der Waals surface area (Å²) >= 11 is 15.9. The molecular formula is C25H23BrCl2N4O6S. The molecule has 2 aromatic carbocycles. The van der Waals surface area contributed by atoms with Crippen LogP contribution in [0.15, 0.2) is 58.2 Å². The van der Waals surface area contributed by atoms with Crippen LogP contribution in [0.1, 0.15) is 18.9 Å². The standard InChI is InChI=1S/C25H23BrCl2N4O6S/c1-25(11-14-3-5-15(26)6-4-14)23(35)31(18-8-16(27)7-17(28)9-18)24-29-12-21(32(24)25)39(36,37)30-13-19(33)10-20(30)22(34)38-2/h3-9,12,19-20,33H,10-11,13H2,1-2H3. The number of benzene rings is 2. The van der Waals surface area contributed by atoms with Gasteiger partial charge in [0.1, 0.15) is 11.6 Å². The summed E-state index contributed by atoms with van der Waals surface area (Å²) in [4.78, 5) is 32.2. The molecular weight excluding hydrogens is 635 g/mol. The maximum absolute atomic E-state index is 14.2. The summed E-state index contributed by atoms with van der Waals surface area (Å²) in [5.41, 5.74) is -0.361. The predicted octanol–water partition coefficient (Wildman–Crippen LogP) is 3.89. The van der Waals surface area contributed by atoms with Crippen LogP contribution < -0.4 is 4.90 Å². The molecule has 10 nitrogen and oxygen atoms in total. The number of aliphatic hydroxyl groups excluding tert-OH is 1. The molecule has 3 heterocycles. The number of fused-ring (bicyclic) bond motifs is 1. The Hall–Kier alpha value is -2.48. The van der Waals surface area contributed by atoms with Gasteiger partial charge in [-0.3, -0.25) is 14.2 Å². The van der Waals surface area contributed by atoms with Crippen LogP contribution in [0.5, 0.6) is 0 Å². The van der Waals surface area contributed by atoms with Gasteiger partial charge < -0.3 is 9.84 Å². The SMILES string of the molecule is COC(=O)C1CC(O)CN1S(=O)(=O)c1cnc2n1C(C)(Cc1ccc(Br)cc1)C(=O)N2c1cc(Cl)cc(Cl)c1. The van der Waals surface area contributed by atoms with Gasteiger partial charge in [-0.25, -0.2) is 18.3 Å². The van der Waals surface area contributed by atoms with E-state index in [0.29, 0.717) is 5.69 Å². The zero-order valence-electron chi connectivity index (χ0n) is 20.7. The first-order valence-corrected chi connectivity index (χ1v) is 14.8. The van der Waals surface area contributed by atoms with E-state index in [1.165, 1.54) is 27.7 Å². The monoisotopic (exact) mass is 656 g/mol. The molecule has 0 bridgehead atoms. The molecule has 2 aliphatic rings. The molecule has 1 amide bonds. The number of carbonyl (C=O) groups excluding carboxylic acids is 2. The summed E-state index contributed by atoms with van der Waals surface area (Å²) in [6, 6.07) is 10.7. The van der Waals surface area contributed by atoms with Gasteiger partial charge in [-0.1, -0.05) is 51.3 Å². The van der Waals surface area contributed by atoms with Crippen LogP contribution in [0.2, 0.25) is 10.0 Å². The maximum atomic E-state index is 14.2. The largest absolute Gasteiger partial charge is 0.468 e. The highest BCUT2D eigenvalue weighted by atomic mass is 79.9. The van der Waals surface area contributed by atoms with Crippen molar-refractivity contribution >= 4 is 72.7 Å². The molecule has 0 aliphatic carbocycles. The number of hydrogen-bond donors (Lipinski definition) is 1. The number of nitrogens with zero attached hydrogens (tertiary/aromatic N) is 4. The number of anilines is 2. The lowest BCUT2D eigenvalue weighted by atomic mass is 9.92. The van der Waals surface area contributed by atoms with Gasteiger partial charge in [0.2, 0.25) is 5.95 Å². The van der Waals surface area contributed by atoms with Crippen molar-refractivity contribution in [1.29, 1.82) is 0 Å². The minimum atomic E-state index is -4.44. The molecule has 2 aliphatic heterocycles. The molecule has 206 valence electrons. The molecule has 1 fully saturated rings. The fraction of sp³-hybridized carbons (Fsp3) is 0.320. The number of esters is 1. The van der Waals surface area contributed by atoms with Gasteiger partial charge in [-0.15, -0.1) is 0 Å². The summed E-state index contributed by atoms with van der Waals surface area (Å²) < 4.78 is 36.0. The molecule has 0 radical (unpaired) electrons. The van der Waals surface area contributed by atoms with E-state index in [9.17, 15) is 23.1 Å². The quantitative estimate of drug-likeness (QED) is 0.399. The second-order valence-electron chi connectivity index (χ2n) is 9.58. The number of imidazole rings is 1. The summed E-state index contributed by atoms with van der Waals surface area (Å²) in [7, 11) is -3.29. The van der Waals surface area contributed by atoms with Crippen LogP contribution in [0.25, 0.3) is 0 Å². The van der Waals surface area contributed by atoms with E-state index < -0.39 is 39.6 Å². The van der Waals surface area contributed by atoms with Crippen LogP contribution in [0, 0.1) is 0 Å². The third-order valence-corrected chi connectivity index (χ3v) is 9.72. The summed E-state index contributed by atoms with van der Waals surface area (Å²) in [5.74, 6) is -1.19. The zero-order chi connectivity index (χ0) is 28.3. The highest BCUT2D eigenvalue weighted by Gasteiger charge is 2.54. The topological polar surface area (TPSA) is 122 Å². The van der Waals surface area contributed by atoms with Gasteiger partial charge in [0.25, 0.3) is 15.9 Å². The van der Waals surface area contributed by atoms with Crippen LogP contribution in [0.4, 0.5) is 11.6 Å². The first kappa shape index (κ1) is 28.1. The molecule has 3 unspecified atom stereocenters. The molecule has 5 rings (SSSR count). The first-order chi connectivity index (χ1) is 18.4. The number of halogens is 3. The average Bonchev–Trinajstić information content (AvgIpc) is 3.54. The first-order valence-electron chi connectivity index (χ1n) is 11.8. The van der Waals surface area contributed by atoms with E-state index in [-0.39, 0.29) is 40.4 Å². The number of β-amino-alcohol motifs (C(OH)–C–C–N with tert-alkyl or cyclic N) is 1. The molecule has 0 spiro atoms. The summed E-state index contributed by atoms with van der Waals surface area (Å²) in [6.45, 7) is 1.32. The Labute approximate surface area is 243 Å². The van der Waals surface area contributed by atoms with Crippen molar-refractivity contribution in [3.05, 3.63) is 68.7 Å². The fourth-order valence-corrected chi connectivity index (χ4v) is 7.73. The number of ether oxygens (including phenoxy) is 1. The molecule has 3 atom stereocenters. The van der Waals surface area contributed by atoms with Crippen molar-refractivity contribution in [2.45, 2.75) is 42.5 Å². The van der Waals surface area contributed by atoms with Crippen molar-refractivity contribution in [1.82, 2.24) is 13.9 Å². The third kappa shape index (κ3) is 4.76. The number of aliphatic hydroxyl groups is 1. The maximum Gasteiger partial charge on any atom is 0.324 e. The van der Waals surface area contributed by atoms with Crippen LogP contribution in [-0.2, 0) is 36.3 Å². The van der Waals surface area contributed by atoms with E-state index in [2.05, 4.69) is 20.9 Å². The second-order valence-corrected chi connectivity index (χ2v) is 13.2. The number of amides is 1. The van der Waals surface area contributed by atoms with Gasteiger partial charge in [0.05, 0.1) is 25.1 Å². The van der Waals surface area contributed by atoms with E-state index in [4.69, 9.17) is 27.9 Å². The van der Waals surface area contributed by atoms with Gasteiger partial charge in [-0.2, -0.15) is 4.31 Å². The average molecular weight is 658 g/mol. The summed E-state index contributed by atoms with van der Waals surface area (Å²) in [5, 5.41) is 10.5. The Kier molecular flexibility index (Phi) is 7.32. The molecule has 0 saturated carbocycles. The summed E-state index contributed by atoms with van der Waals surface area (Å²) in [6.07, 6.45) is 0.0917. The number of carbonyl (C=O) groups is 2. The van der Waals surface area contributed by atoms with Gasteiger partial charge >= 0.3 is 5.97 Å². The van der Waals surface area contributed by atoms with E-state index in [0.717, 1.165) is 27.6 Å². The number of aromatic nitrogens is 2. The van der Waals surface area contributed by atoms with Gasteiger partial charge in [0.15, 0.2) is 5.03 Å². The molecule has 1 N–H and O–H groups in total. The van der Waals surface area contributed by atoms with Crippen molar-refractivity contribution in [2.24, 2.45) is 0 Å². The van der Waals surface area contributed by atoms with E-state index in [1.54, 1.807) is 6.92 Å². The van der Waals surface area contributed by atoms with Crippen LogP contribution >= 0.6 is 39.1 Å². The Morgan fingerprint density at radius 2 is 1.85 bits per heavy atom. The van der Waals surface area contributed by atoms with Crippen molar-refractivity contribution in [3.8, 4) is 0 Å². The number of methoxy groups -OCH3 is 1. The van der Waals surface area contributed by atoms with Crippen LogP contribution in [-0.4, -0.2) is 65.1 Å². The minimum absolute atomic E-state index is 0.0471. The lowest BCUT2D eigenvalue weighted by Gasteiger charge is -2.28. The number of sulfonamides is 1. The van der Waals surface area contributed by atoms with Crippen molar-refractivity contribution in [3.63, 3.8) is 0 Å². The highest BCUT2D eigenvalue weighted by Crippen LogP contribution is 2.45. The number of rotatable bonds is 6. The molecule has 39 heavy (non-hydrogen) atoms. The number of hydrogen-bond acceptors (Lipinski definition) is 7. The lowest BCUT2D eigenvalue weighted by Crippen LogP contribution is -2.45. The third-order valence-electron chi connectivity index (χ3n) is 6.92. The van der Waals surface area contributed by atoms with Crippen molar-refractivity contribution < 1.29 is 27.9 Å². The highest BCUT2D eigenvalue weighted by molar-refractivity contribution is 9.10. The predicted molar refractivity (Wildman–Crippen MR) is 148 cm³/mol. The van der Waals surface area contributed by atoms with E-state index in [1.807, 2.05) is 24.3 Å². The molecule has 3 aromatic rings. The van der Waals surface area contributed by atoms with Gasteiger partial charge in [-0.05, 0) is 42.8 Å². The zero-order valence-corrected chi connectivity index (χ0v) is 24.6. The fourth-order valence-electron chi connectivity index (χ4n) is 5.13.